The van der Waals surface area contributed by atoms with Gasteiger partial charge in [0.05, 0.1) is 24.7 Å². The molecule has 0 unspecified atom stereocenters. The van der Waals surface area contributed by atoms with Crippen LogP contribution in [0, 0.1) is 5.41 Å². The van der Waals surface area contributed by atoms with Gasteiger partial charge in [-0.15, -0.1) is 0 Å². The van der Waals surface area contributed by atoms with Crippen LogP contribution in [0.5, 0.6) is 0 Å². The second-order valence-electron chi connectivity index (χ2n) is 6.18. The summed E-state index contributed by atoms with van der Waals surface area (Å²) in [7, 11) is 1.83. The number of ether oxygens (including phenoxy) is 3. The van der Waals surface area contributed by atoms with Gasteiger partial charge >= 0.3 is 17.9 Å². The van der Waals surface area contributed by atoms with Crippen LogP contribution in [0.1, 0.15) is 32.6 Å². The van der Waals surface area contributed by atoms with E-state index in [0.29, 0.717) is 19.5 Å². The third kappa shape index (κ3) is 7.27. The van der Waals surface area contributed by atoms with E-state index in [1.165, 1.54) is 0 Å². The third-order valence-electron chi connectivity index (χ3n) is 4.11. The Hall–Kier alpha value is -1.67. The molecule has 0 aromatic carbocycles. The Kier molecular flexibility index (Phi) is 8.70. The van der Waals surface area contributed by atoms with Crippen molar-refractivity contribution < 1.29 is 28.6 Å². The summed E-state index contributed by atoms with van der Waals surface area (Å²) in [6.45, 7) is 3.19. The highest BCUT2D eigenvalue weighted by atomic mass is 16.6. The van der Waals surface area contributed by atoms with E-state index in [-0.39, 0.29) is 57.6 Å². The Morgan fingerprint density at radius 3 is 2.21 bits per heavy atom. The lowest BCUT2D eigenvalue weighted by Crippen LogP contribution is -2.40. The molecule has 1 fully saturated rings. The number of hydrogen-bond acceptors (Lipinski definition) is 8. The highest BCUT2D eigenvalue weighted by Gasteiger charge is 2.34. The number of carbonyl (C=O) groups is 3. The molecule has 1 aliphatic heterocycles. The first-order valence-corrected chi connectivity index (χ1v) is 8.26. The van der Waals surface area contributed by atoms with Gasteiger partial charge in [0, 0.05) is 19.6 Å². The molecule has 0 saturated carbocycles. The lowest BCUT2D eigenvalue weighted by atomic mass is 9.88. The predicted octanol–water partition coefficient (Wildman–Crippen LogP) is 0.0868. The maximum absolute atomic E-state index is 11.9. The Morgan fingerprint density at radius 1 is 1.21 bits per heavy atom. The summed E-state index contributed by atoms with van der Waals surface area (Å²) in [4.78, 5) is 37.2. The third-order valence-corrected chi connectivity index (χ3v) is 4.11. The summed E-state index contributed by atoms with van der Waals surface area (Å²) in [5, 5.41) is 0. The minimum atomic E-state index is -0.735. The summed E-state index contributed by atoms with van der Waals surface area (Å²) in [5.74, 6) is -1.06. The molecule has 1 rings (SSSR count). The number of nitrogens with zero attached hydrogens (tertiary/aromatic N) is 1. The van der Waals surface area contributed by atoms with Crippen LogP contribution in [-0.4, -0.2) is 69.3 Å². The molecule has 24 heavy (non-hydrogen) atoms. The molecule has 8 heteroatoms. The largest absolute Gasteiger partial charge is 0.465 e. The maximum Gasteiger partial charge on any atom is 0.307 e. The Labute approximate surface area is 142 Å². The maximum atomic E-state index is 11.9. The Bertz CT molecular complexity index is 416. The van der Waals surface area contributed by atoms with Crippen LogP contribution in [-0.2, 0) is 28.6 Å². The van der Waals surface area contributed by atoms with Gasteiger partial charge in [0.2, 0.25) is 0 Å². The van der Waals surface area contributed by atoms with Gasteiger partial charge in [-0.05, 0) is 13.5 Å². The quantitative estimate of drug-likeness (QED) is 0.552. The molecule has 1 saturated heterocycles. The highest BCUT2D eigenvalue weighted by molar-refractivity contribution is 5.71. The normalized spacial score (nSPS) is 20.3. The van der Waals surface area contributed by atoms with Crippen molar-refractivity contribution in [2.45, 2.75) is 32.6 Å². The number of cyclic esters (lactones) is 2. The van der Waals surface area contributed by atoms with Crippen LogP contribution in [0.25, 0.3) is 0 Å². The molecule has 0 amide bonds. The van der Waals surface area contributed by atoms with Gasteiger partial charge < -0.3 is 24.8 Å². The monoisotopic (exact) mass is 344 g/mol. The zero-order chi connectivity index (χ0) is 18.0. The van der Waals surface area contributed by atoms with E-state index in [4.69, 9.17) is 19.9 Å². The molecule has 8 nitrogen and oxygen atoms in total. The van der Waals surface area contributed by atoms with Crippen molar-refractivity contribution in [3.8, 4) is 0 Å². The second-order valence-corrected chi connectivity index (χ2v) is 6.18. The highest BCUT2D eigenvalue weighted by Crippen LogP contribution is 2.25. The van der Waals surface area contributed by atoms with Crippen molar-refractivity contribution in [3.05, 3.63) is 0 Å². The average Bonchev–Trinajstić information content (AvgIpc) is 2.57. The van der Waals surface area contributed by atoms with E-state index in [1.807, 2.05) is 18.9 Å². The smallest absolute Gasteiger partial charge is 0.307 e. The van der Waals surface area contributed by atoms with Crippen LogP contribution in [0.3, 0.4) is 0 Å². The van der Waals surface area contributed by atoms with Crippen molar-refractivity contribution in [1.82, 2.24) is 4.90 Å². The van der Waals surface area contributed by atoms with Gasteiger partial charge in [0.25, 0.3) is 0 Å². The molecule has 0 atom stereocenters. The first-order valence-electron chi connectivity index (χ1n) is 8.26. The molecule has 0 spiro atoms. The van der Waals surface area contributed by atoms with Crippen LogP contribution in [0.2, 0.25) is 0 Å². The van der Waals surface area contributed by atoms with Crippen molar-refractivity contribution >= 4 is 17.9 Å². The van der Waals surface area contributed by atoms with Crippen LogP contribution >= 0.6 is 0 Å². The minimum Gasteiger partial charge on any atom is -0.465 e. The number of hydrogen-bond donors (Lipinski definition) is 1. The molecule has 1 aliphatic rings. The molecule has 0 aromatic rings. The molecular weight excluding hydrogens is 316 g/mol. The summed E-state index contributed by atoms with van der Waals surface area (Å²) >= 11 is 0. The van der Waals surface area contributed by atoms with E-state index in [0.717, 1.165) is 0 Å². The van der Waals surface area contributed by atoms with Gasteiger partial charge in [-0.1, -0.05) is 6.92 Å². The van der Waals surface area contributed by atoms with Crippen LogP contribution in [0.4, 0.5) is 0 Å². The lowest BCUT2D eigenvalue weighted by molar-refractivity contribution is -0.163. The van der Waals surface area contributed by atoms with E-state index in [2.05, 4.69) is 0 Å². The molecule has 1 heterocycles. The summed E-state index contributed by atoms with van der Waals surface area (Å²) in [5.41, 5.74) is 4.59. The van der Waals surface area contributed by atoms with Crippen LogP contribution < -0.4 is 5.73 Å². The fourth-order valence-electron chi connectivity index (χ4n) is 2.14. The van der Waals surface area contributed by atoms with Gasteiger partial charge in [-0.25, -0.2) is 0 Å². The van der Waals surface area contributed by atoms with E-state index in [9.17, 15) is 14.4 Å². The SMILES string of the molecule is CCC1(COC(=O)CCN)COC(=O)CCN(C)CCC(=O)OC1. The van der Waals surface area contributed by atoms with Gasteiger partial charge in [0.1, 0.15) is 19.8 Å². The molecule has 2 N–H and O–H groups in total. The topological polar surface area (TPSA) is 108 Å². The Morgan fingerprint density at radius 2 is 1.75 bits per heavy atom. The lowest BCUT2D eigenvalue weighted by Gasteiger charge is -2.31. The van der Waals surface area contributed by atoms with Crippen molar-refractivity contribution in [3.63, 3.8) is 0 Å². The minimum absolute atomic E-state index is 0.0167. The fourth-order valence-corrected chi connectivity index (χ4v) is 2.14. The van der Waals surface area contributed by atoms with Crippen LogP contribution in [0.15, 0.2) is 0 Å². The fraction of sp³-hybridized carbons (Fsp3) is 0.812. The average molecular weight is 344 g/mol. The first kappa shape index (κ1) is 20.4. The molecule has 0 aromatic heterocycles. The van der Waals surface area contributed by atoms with Crippen molar-refractivity contribution in [2.75, 3.05) is 46.5 Å². The van der Waals surface area contributed by atoms with Gasteiger partial charge in [-0.2, -0.15) is 0 Å². The number of rotatable bonds is 5. The molecule has 0 radical (unpaired) electrons. The standard InChI is InChI=1S/C16H28N2O6/c1-3-16(10-22-13(19)4-7-17)11-23-14(20)5-8-18(2)9-6-15(21)24-12-16/h3-12,17H2,1-2H3. The zero-order valence-electron chi connectivity index (χ0n) is 14.5. The number of esters is 3. The van der Waals surface area contributed by atoms with E-state index in [1.54, 1.807) is 0 Å². The second kappa shape index (κ2) is 10.2. The van der Waals surface area contributed by atoms with Gasteiger partial charge in [0.15, 0.2) is 0 Å². The van der Waals surface area contributed by atoms with Crippen molar-refractivity contribution in [2.24, 2.45) is 11.1 Å². The molecule has 0 bridgehead atoms. The summed E-state index contributed by atoms with van der Waals surface area (Å²) in [6.07, 6.45) is 1.14. The summed E-state index contributed by atoms with van der Waals surface area (Å²) in [6, 6.07) is 0. The summed E-state index contributed by atoms with van der Waals surface area (Å²) < 4.78 is 15.9. The number of nitrogens with two attached hydrogens (primary N) is 1. The van der Waals surface area contributed by atoms with Gasteiger partial charge in [-0.3, -0.25) is 14.4 Å². The Balaban J connectivity index is 2.75. The van der Waals surface area contributed by atoms with E-state index < -0.39 is 11.4 Å². The zero-order valence-corrected chi connectivity index (χ0v) is 14.5. The molecule has 138 valence electrons. The van der Waals surface area contributed by atoms with Crippen molar-refractivity contribution in [1.29, 1.82) is 0 Å². The molecular formula is C16H28N2O6. The number of carbonyl (C=O) groups excluding carboxylic acids is 3. The first-order chi connectivity index (χ1) is 11.4. The predicted molar refractivity (Wildman–Crippen MR) is 86.0 cm³/mol. The van der Waals surface area contributed by atoms with E-state index >= 15 is 0 Å². The molecule has 0 aliphatic carbocycles.